The van der Waals surface area contributed by atoms with Gasteiger partial charge in [0.05, 0.1) is 23.2 Å². The van der Waals surface area contributed by atoms with Crippen LogP contribution in [0.5, 0.6) is 5.75 Å². The lowest BCUT2D eigenvalue weighted by Crippen LogP contribution is -2.53. The number of aromatic nitrogens is 1. The highest BCUT2D eigenvalue weighted by molar-refractivity contribution is 7.22. The van der Waals surface area contributed by atoms with Crippen LogP contribution in [0.15, 0.2) is 18.2 Å². The Morgan fingerprint density at radius 3 is 3.00 bits per heavy atom. The molecular formula is C13H15N3O2S. The summed E-state index contributed by atoms with van der Waals surface area (Å²) in [6.07, 6.45) is 0. The zero-order valence-electron chi connectivity index (χ0n) is 10.8. The van der Waals surface area contributed by atoms with E-state index in [4.69, 9.17) is 4.74 Å². The number of fused-ring (bicyclic) bond motifs is 1. The number of hydrogen-bond donors (Lipinski definition) is 1. The minimum absolute atomic E-state index is 0.0894. The number of rotatable bonds is 3. The molecule has 6 heteroatoms. The number of nitrogens with zero attached hydrogens (tertiary/aromatic N) is 2. The molecule has 1 aromatic heterocycles. The van der Waals surface area contributed by atoms with E-state index in [0.29, 0.717) is 0 Å². The van der Waals surface area contributed by atoms with Gasteiger partial charge in [0.1, 0.15) is 5.75 Å². The van der Waals surface area contributed by atoms with Crippen molar-refractivity contribution in [3.05, 3.63) is 18.2 Å². The fraction of sp³-hybridized carbons (Fsp3) is 0.385. The normalized spacial score (nSPS) is 15.4. The van der Waals surface area contributed by atoms with Gasteiger partial charge >= 0.3 is 0 Å². The molecule has 0 unspecified atom stereocenters. The summed E-state index contributed by atoms with van der Waals surface area (Å²) >= 11 is 1.64. The first kappa shape index (κ1) is 12.2. The fourth-order valence-corrected chi connectivity index (χ4v) is 3.17. The molecule has 1 saturated heterocycles. The Balaban J connectivity index is 1.78. The lowest BCUT2D eigenvalue weighted by Gasteiger charge is -2.37. The summed E-state index contributed by atoms with van der Waals surface area (Å²) in [5.74, 6) is 1.04. The van der Waals surface area contributed by atoms with E-state index in [0.717, 1.165) is 34.2 Å². The van der Waals surface area contributed by atoms with Gasteiger partial charge in [0.2, 0.25) is 5.91 Å². The van der Waals surface area contributed by atoms with E-state index in [-0.39, 0.29) is 11.8 Å². The average Bonchev–Trinajstić information content (AvgIpc) is 2.78. The maximum Gasteiger partial charge on any atom is 0.226 e. The van der Waals surface area contributed by atoms with Crippen LogP contribution in [-0.2, 0) is 4.79 Å². The molecular weight excluding hydrogens is 262 g/mol. The van der Waals surface area contributed by atoms with Crippen molar-refractivity contribution in [2.45, 2.75) is 0 Å². The predicted molar refractivity (Wildman–Crippen MR) is 75.9 cm³/mol. The molecule has 19 heavy (non-hydrogen) atoms. The molecule has 1 aliphatic heterocycles. The summed E-state index contributed by atoms with van der Waals surface area (Å²) in [7, 11) is 3.33. The zero-order valence-corrected chi connectivity index (χ0v) is 11.7. The number of carbonyl (C=O) groups excluding carboxylic acids is 1. The van der Waals surface area contributed by atoms with Crippen molar-refractivity contribution in [3.8, 4) is 5.75 Å². The summed E-state index contributed by atoms with van der Waals surface area (Å²) in [6.45, 7) is 1.49. The van der Waals surface area contributed by atoms with E-state index in [1.165, 1.54) is 0 Å². The molecule has 2 heterocycles. The molecule has 1 N–H and O–H groups in total. The number of methoxy groups -OCH3 is 1. The van der Waals surface area contributed by atoms with E-state index >= 15 is 0 Å². The van der Waals surface area contributed by atoms with Crippen LogP contribution >= 0.6 is 11.3 Å². The lowest BCUT2D eigenvalue weighted by molar-refractivity contribution is -0.125. The maximum atomic E-state index is 11.5. The number of ether oxygens (including phenoxy) is 1. The monoisotopic (exact) mass is 277 g/mol. The second-order valence-electron chi connectivity index (χ2n) is 4.55. The Hall–Kier alpha value is -1.82. The first-order chi connectivity index (χ1) is 9.21. The Kier molecular flexibility index (Phi) is 3.02. The van der Waals surface area contributed by atoms with Gasteiger partial charge in [-0.15, -0.1) is 0 Å². The minimum atomic E-state index is 0.0894. The third kappa shape index (κ3) is 2.12. The van der Waals surface area contributed by atoms with Gasteiger partial charge in [-0.25, -0.2) is 4.98 Å². The van der Waals surface area contributed by atoms with Gasteiger partial charge in [-0.1, -0.05) is 11.3 Å². The highest BCUT2D eigenvalue weighted by Gasteiger charge is 2.33. The number of benzene rings is 1. The number of anilines is 1. The van der Waals surface area contributed by atoms with Gasteiger partial charge in [0.15, 0.2) is 5.13 Å². The van der Waals surface area contributed by atoms with Crippen molar-refractivity contribution in [3.63, 3.8) is 0 Å². The third-order valence-corrected chi connectivity index (χ3v) is 4.43. The van der Waals surface area contributed by atoms with E-state index in [1.54, 1.807) is 25.5 Å². The van der Waals surface area contributed by atoms with Crippen molar-refractivity contribution in [1.82, 2.24) is 10.3 Å². The first-order valence-electron chi connectivity index (χ1n) is 6.12. The molecule has 0 spiro atoms. The summed E-state index contributed by atoms with van der Waals surface area (Å²) in [6, 6.07) is 5.87. The van der Waals surface area contributed by atoms with Gasteiger partial charge < -0.3 is 15.0 Å². The van der Waals surface area contributed by atoms with Crippen LogP contribution < -0.4 is 15.0 Å². The van der Waals surface area contributed by atoms with Crippen LogP contribution in [0.3, 0.4) is 0 Å². The topological polar surface area (TPSA) is 54.5 Å². The van der Waals surface area contributed by atoms with Crippen LogP contribution in [0.4, 0.5) is 5.13 Å². The molecule has 1 aliphatic rings. The molecule has 3 rings (SSSR count). The summed E-state index contributed by atoms with van der Waals surface area (Å²) in [5, 5.41) is 3.66. The highest BCUT2D eigenvalue weighted by atomic mass is 32.1. The van der Waals surface area contributed by atoms with Crippen molar-refractivity contribution >= 4 is 32.6 Å². The molecule has 1 amide bonds. The maximum absolute atomic E-state index is 11.5. The van der Waals surface area contributed by atoms with Crippen molar-refractivity contribution in [1.29, 1.82) is 0 Å². The Morgan fingerprint density at radius 1 is 1.53 bits per heavy atom. The van der Waals surface area contributed by atoms with E-state index in [2.05, 4.69) is 15.2 Å². The first-order valence-corrected chi connectivity index (χ1v) is 6.94. The molecule has 5 nitrogen and oxygen atoms in total. The predicted octanol–water partition coefficient (Wildman–Crippen LogP) is 1.49. The average molecular weight is 277 g/mol. The summed E-state index contributed by atoms with van der Waals surface area (Å²) in [5.41, 5.74) is 0.976. The summed E-state index contributed by atoms with van der Waals surface area (Å²) < 4.78 is 6.32. The molecule has 1 fully saturated rings. The lowest BCUT2D eigenvalue weighted by atomic mass is 10.0. The van der Waals surface area contributed by atoms with Gasteiger partial charge in [-0.2, -0.15) is 0 Å². The van der Waals surface area contributed by atoms with Gasteiger partial charge in [0.25, 0.3) is 0 Å². The van der Waals surface area contributed by atoms with Crippen molar-refractivity contribution in [2.24, 2.45) is 5.92 Å². The molecule has 0 aliphatic carbocycles. The second-order valence-corrected chi connectivity index (χ2v) is 5.56. The Labute approximate surface area is 115 Å². The standard InChI is InChI=1S/C13H15N3O2S/c1-14-12(17)8-6-16(7-8)13-15-10-4-3-9(18-2)5-11(10)19-13/h3-5,8H,6-7H2,1-2H3,(H,14,17). The molecule has 1 aromatic carbocycles. The molecule has 100 valence electrons. The zero-order chi connectivity index (χ0) is 13.4. The highest BCUT2D eigenvalue weighted by Crippen LogP contribution is 2.34. The van der Waals surface area contributed by atoms with Crippen LogP contribution in [-0.4, -0.2) is 38.1 Å². The van der Waals surface area contributed by atoms with Gasteiger partial charge in [-0.05, 0) is 18.2 Å². The minimum Gasteiger partial charge on any atom is -0.497 e. The molecule has 0 atom stereocenters. The van der Waals surface area contributed by atoms with Gasteiger partial charge in [0, 0.05) is 20.1 Å². The molecule has 0 saturated carbocycles. The largest absolute Gasteiger partial charge is 0.497 e. The second kappa shape index (κ2) is 4.70. The fourth-order valence-electron chi connectivity index (χ4n) is 2.16. The van der Waals surface area contributed by atoms with Crippen molar-refractivity contribution in [2.75, 3.05) is 32.1 Å². The van der Waals surface area contributed by atoms with Crippen molar-refractivity contribution < 1.29 is 9.53 Å². The van der Waals surface area contributed by atoms with Gasteiger partial charge in [-0.3, -0.25) is 4.79 Å². The SMILES string of the molecule is CNC(=O)C1CN(c2nc3ccc(OC)cc3s2)C1. The van der Waals surface area contributed by atoms with E-state index < -0.39 is 0 Å². The Morgan fingerprint density at radius 2 is 2.32 bits per heavy atom. The molecule has 0 radical (unpaired) electrons. The van der Waals surface area contributed by atoms with Crippen LogP contribution in [0.2, 0.25) is 0 Å². The number of thiazole rings is 1. The number of amides is 1. The molecule has 2 aromatic rings. The Bertz CT molecular complexity index is 619. The quantitative estimate of drug-likeness (QED) is 0.923. The van der Waals surface area contributed by atoms with Crippen LogP contribution in [0.1, 0.15) is 0 Å². The number of carbonyl (C=O) groups is 1. The smallest absolute Gasteiger partial charge is 0.226 e. The van der Waals surface area contributed by atoms with E-state index in [9.17, 15) is 4.79 Å². The summed E-state index contributed by atoms with van der Waals surface area (Å²) in [4.78, 5) is 18.2. The van der Waals surface area contributed by atoms with Crippen LogP contribution in [0, 0.1) is 5.92 Å². The molecule has 0 bridgehead atoms. The van der Waals surface area contributed by atoms with E-state index in [1.807, 2.05) is 18.2 Å². The number of nitrogens with one attached hydrogen (secondary N) is 1. The third-order valence-electron chi connectivity index (χ3n) is 3.35. The number of hydrogen-bond acceptors (Lipinski definition) is 5. The van der Waals surface area contributed by atoms with Crippen LogP contribution in [0.25, 0.3) is 10.2 Å².